The van der Waals surface area contributed by atoms with Crippen LogP contribution in [0.4, 0.5) is 0 Å². The highest BCUT2D eigenvalue weighted by atomic mass is 16.6. The maximum absolute atomic E-state index is 11.5. The summed E-state index contributed by atoms with van der Waals surface area (Å²) in [5.74, 6) is 1.45. The van der Waals surface area contributed by atoms with Crippen molar-refractivity contribution in [2.24, 2.45) is 24.8 Å². The second-order valence-corrected chi connectivity index (χ2v) is 9.92. The number of fused-ring (bicyclic) bond motifs is 1. The third-order valence-corrected chi connectivity index (χ3v) is 7.59. The van der Waals surface area contributed by atoms with Crippen LogP contribution in [0.5, 0.6) is 11.8 Å². The van der Waals surface area contributed by atoms with Gasteiger partial charge >= 0.3 is 12.0 Å². The van der Waals surface area contributed by atoms with Crippen molar-refractivity contribution in [1.82, 2.24) is 30.1 Å². The minimum atomic E-state index is -0.674. The lowest BCUT2D eigenvalue weighted by atomic mass is 9.92. The van der Waals surface area contributed by atoms with Gasteiger partial charge in [0.2, 0.25) is 5.89 Å². The van der Waals surface area contributed by atoms with Gasteiger partial charge in [0.15, 0.2) is 0 Å². The minimum absolute atomic E-state index is 0.0227. The van der Waals surface area contributed by atoms with Crippen LogP contribution in [0.2, 0.25) is 0 Å². The van der Waals surface area contributed by atoms with Crippen LogP contribution in [0, 0.1) is 24.7 Å². The molecule has 0 spiro atoms. The van der Waals surface area contributed by atoms with E-state index < -0.39 is 5.97 Å². The molecule has 11 nitrogen and oxygen atoms in total. The van der Waals surface area contributed by atoms with Crippen molar-refractivity contribution in [3.8, 4) is 23.1 Å². The van der Waals surface area contributed by atoms with Crippen LogP contribution in [0.3, 0.4) is 0 Å². The first-order valence-electron chi connectivity index (χ1n) is 12.2. The summed E-state index contributed by atoms with van der Waals surface area (Å²) < 4.78 is 18.9. The highest BCUT2D eigenvalue weighted by Crippen LogP contribution is 2.48. The first kappa shape index (κ1) is 22.0. The Kier molecular flexibility index (Phi) is 5.42. The number of aryl methyl sites for hydroxylation is 2. The molecule has 35 heavy (non-hydrogen) atoms. The number of hydrogen-bond acceptors (Lipinski definition) is 9. The van der Waals surface area contributed by atoms with Crippen molar-refractivity contribution in [2.45, 2.75) is 64.1 Å². The molecule has 3 aromatic rings. The first-order chi connectivity index (χ1) is 17.0. The average Bonchev–Trinajstić information content (AvgIpc) is 3.12. The Hall–Kier alpha value is -3.50. The number of carboxylic acid groups (broad SMARTS) is 1. The van der Waals surface area contributed by atoms with Crippen molar-refractivity contribution in [2.75, 3.05) is 0 Å². The van der Waals surface area contributed by atoms with Gasteiger partial charge < -0.3 is 19.1 Å². The predicted octanol–water partition coefficient (Wildman–Crippen LogP) is 3.29. The molecule has 6 rings (SSSR count). The minimum Gasteiger partial charge on any atom is -0.489 e. The second-order valence-electron chi connectivity index (χ2n) is 9.92. The lowest BCUT2D eigenvalue weighted by molar-refractivity contribution is -0.143. The summed E-state index contributed by atoms with van der Waals surface area (Å²) >= 11 is 0. The largest absolute Gasteiger partial charge is 0.489 e. The molecule has 3 aliphatic rings. The zero-order valence-electron chi connectivity index (χ0n) is 19.8. The van der Waals surface area contributed by atoms with Gasteiger partial charge in [-0.1, -0.05) is 5.21 Å². The molecule has 0 radical (unpaired) electrons. The fourth-order valence-corrected chi connectivity index (χ4v) is 5.57. The van der Waals surface area contributed by atoms with Crippen LogP contribution in [0.15, 0.2) is 16.7 Å². The van der Waals surface area contributed by atoms with Crippen molar-refractivity contribution in [3.63, 3.8) is 0 Å². The number of carbonyl (C=O) groups is 1. The molecule has 0 unspecified atom stereocenters. The van der Waals surface area contributed by atoms with Crippen molar-refractivity contribution < 1.29 is 23.9 Å². The van der Waals surface area contributed by atoms with Gasteiger partial charge in [-0.25, -0.2) is 9.67 Å². The molecular formula is C24H28N6O5. The van der Waals surface area contributed by atoms with E-state index in [0.29, 0.717) is 34.9 Å². The van der Waals surface area contributed by atoms with Crippen LogP contribution >= 0.6 is 0 Å². The number of aliphatic carboxylic acids is 1. The topological polar surface area (TPSA) is 138 Å². The van der Waals surface area contributed by atoms with Crippen LogP contribution in [0.1, 0.15) is 61.7 Å². The van der Waals surface area contributed by atoms with Crippen molar-refractivity contribution in [3.05, 3.63) is 29.4 Å². The quantitative estimate of drug-likeness (QED) is 0.511. The number of rotatable bonds is 8. The Labute approximate surface area is 201 Å². The molecule has 0 saturated heterocycles. The molecule has 3 heterocycles. The summed E-state index contributed by atoms with van der Waals surface area (Å²) in [4.78, 5) is 20.6. The first-order valence-corrected chi connectivity index (χ1v) is 12.2. The van der Waals surface area contributed by atoms with Crippen LogP contribution < -0.4 is 9.47 Å². The van der Waals surface area contributed by atoms with E-state index in [1.54, 1.807) is 11.7 Å². The number of carboxylic acids is 1. The van der Waals surface area contributed by atoms with Gasteiger partial charge in [-0.05, 0) is 74.6 Å². The normalized spacial score (nSPS) is 25.5. The van der Waals surface area contributed by atoms with Gasteiger partial charge in [-0.3, -0.25) is 4.79 Å². The van der Waals surface area contributed by atoms with Gasteiger partial charge in [0.25, 0.3) is 0 Å². The van der Waals surface area contributed by atoms with Crippen LogP contribution in [0.25, 0.3) is 11.4 Å². The summed E-state index contributed by atoms with van der Waals surface area (Å²) in [6.07, 6.45) is 5.62. The summed E-state index contributed by atoms with van der Waals surface area (Å²) in [5, 5.41) is 21.8. The van der Waals surface area contributed by atoms with Crippen molar-refractivity contribution in [1.29, 1.82) is 0 Å². The van der Waals surface area contributed by atoms with Gasteiger partial charge in [0.05, 0.1) is 23.4 Å². The summed E-state index contributed by atoms with van der Waals surface area (Å²) in [7, 11) is 1.80. The summed E-state index contributed by atoms with van der Waals surface area (Å²) in [5.41, 5.74) is 2.78. The molecule has 3 saturated carbocycles. The molecule has 3 fully saturated rings. The standard InChI is InChI=1S/C24H28N6O5/c1-12-20(34-15-9-14-5-6-16(23(31)32)17(14)10-15)8-7-18(25-12)21-19(30(2)29-27-21)11-33-24-26-22(35-28-24)13-3-4-13/h7-8,13-17H,3-6,9-11H2,1-2H3,(H,31,32)/t14-,15-,16-,17+/m0/s1. The Morgan fingerprint density at radius 3 is 2.83 bits per heavy atom. The third kappa shape index (κ3) is 4.23. The van der Waals surface area contributed by atoms with E-state index >= 15 is 0 Å². The zero-order chi connectivity index (χ0) is 24.1. The van der Waals surface area contributed by atoms with Gasteiger partial charge in [0.1, 0.15) is 23.7 Å². The maximum Gasteiger partial charge on any atom is 0.354 e. The molecular weight excluding hydrogens is 452 g/mol. The number of pyridine rings is 1. The number of nitrogens with zero attached hydrogens (tertiary/aromatic N) is 6. The SMILES string of the molecule is Cc1nc(-c2nnn(C)c2COc2noc(C3CC3)n2)ccc1O[C@H]1C[C@@H]2CC[C@H](C(=O)O)[C@@H]2C1. The second kappa shape index (κ2) is 8.62. The molecule has 3 aliphatic carbocycles. The van der Waals surface area contributed by atoms with Crippen molar-refractivity contribution >= 4 is 5.97 Å². The fourth-order valence-electron chi connectivity index (χ4n) is 5.57. The Morgan fingerprint density at radius 2 is 2.06 bits per heavy atom. The summed E-state index contributed by atoms with van der Waals surface area (Å²) in [6.45, 7) is 2.08. The van der Waals surface area contributed by atoms with Gasteiger partial charge in [-0.2, -0.15) is 4.98 Å². The highest BCUT2D eigenvalue weighted by Gasteiger charge is 2.47. The van der Waals surface area contributed by atoms with E-state index in [1.165, 1.54) is 0 Å². The number of aromatic nitrogens is 6. The van der Waals surface area contributed by atoms with Gasteiger partial charge in [-0.15, -0.1) is 5.10 Å². The van der Waals surface area contributed by atoms with E-state index in [1.807, 2.05) is 19.1 Å². The van der Waals surface area contributed by atoms with E-state index in [9.17, 15) is 9.90 Å². The molecule has 184 valence electrons. The fraction of sp³-hybridized carbons (Fsp3) is 0.583. The Balaban J connectivity index is 1.14. The lowest BCUT2D eigenvalue weighted by Crippen LogP contribution is -2.21. The van der Waals surface area contributed by atoms with E-state index in [2.05, 4.69) is 20.5 Å². The van der Waals surface area contributed by atoms with E-state index in [0.717, 1.165) is 49.9 Å². The number of hydrogen-bond donors (Lipinski definition) is 1. The predicted molar refractivity (Wildman–Crippen MR) is 121 cm³/mol. The molecule has 0 aliphatic heterocycles. The van der Waals surface area contributed by atoms with E-state index in [-0.39, 0.29) is 30.6 Å². The highest BCUT2D eigenvalue weighted by molar-refractivity contribution is 5.71. The zero-order valence-corrected chi connectivity index (χ0v) is 19.8. The molecule has 0 amide bonds. The molecule has 1 N–H and O–H groups in total. The number of ether oxygens (including phenoxy) is 2. The lowest BCUT2D eigenvalue weighted by Gasteiger charge is -2.18. The Morgan fingerprint density at radius 1 is 1.20 bits per heavy atom. The van der Waals surface area contributed by atoms with Crippen LogP contribution in [-0.4, -0.2) is 47.3 Å². The van der Waals surface area contributed by atoms with Gasteiger partial charge in [0, 0.05) is 13.0 Å². The molecule has 3 aromatic heterocycles. The van der Waals surface area contributed by atoms with Crippen LogP contribution in [-0.2, 0) is 18.4 Å². The smallest absolute Gasteiger partial charge is 0.354 e. The monoisotopic (exact) mass is 480 g/mol. The van der Waals surface area contributed by atoms with E-state index in [4.69, 9.17) is 19.0 Å². The third-order valence-electron chi connectivity index (χ3n) is 7.59. The summed E-state index contributed by atoms with van der Waals surface area (Å²) in [6, 6.07) is 3.98. The molecule has 4 atom stereocenters. The maximum atomic E-state index is 11.5. The Bertz CT molecular complexity index is 1250. The molecule has 0 bridgehead atoms. The average molecular weight is 481 g/mol. The molecule has 11 heteroatoms. The molecule has 0 aromatic carbocycles.